The number of carbonyl (C=O) groups is 1. The molecule has 0 bridgehead atoms. The number of aliphatic hydroxyl groups excluding tert-OH is 1. The van der Waals surface area contributed by atoms with E-state index in [1.807, 2.05) is 55.5 Å². The van der Waals surface area contributed by atoms with Crippen molar-refractivity contribution < 1.29 is 14.6 Å². The number of amides is 1. The van der Waals surface area contributed by atoms with Crippen LogP contribution in [0.15, 0.2) is 54.6 Å². The molecule has 1 amide bonds. The van der Waals surface area contributed by atoms with Crippen molar-refractivity contribution in [1.29, 1.82) is 0 Å². The van der Waals surface area contributed by atoms with E-state index < -0.39 is 0 Å². The molecule has 0 saturated carbocycles. The van der Waals surface area contributed by atoms with Crippen molar-refractivity contribution >= 4 is 5.91 Å². The molecule has 0 aliphatic carbocycles. The summed E-state index contributed by atoms with van der Waals surface area (Å²) in [6.07, 6.45) is 0.536. The summed E-state index contributed by atoms with van der Waals surface area (Å²) in [6, 6.07) is 16.8. The first kappa shape index (κ1) is 16.0. The van der Waals surface area contributed by atoms with Crippen LogP contribution in [0.5, 0.6) is 5.75 Å². The van der Waals surface area contributed by atoms with Crippen LogP contribution >= 0.6 is 0 Å². The smallest absolute Gasteiger partial charge is 0.251 e. The number of hydrogen-bond acceptors (Lipinski definition) is 3. The molecule has 0 aliphatic rings. The molecular weight excluding hydrogens is 278 g/mol. The third kappa shape index (κ3) is 4.60. The van der Waals surface area contributed by atoms with Crippen LogP contribution in [0.25, 0.3) is 0 Å². The van der Waals surface area contributed by atoms with Gasteiger partial charge in [0.1, 0.15) is 12.4 Å². The van der Waals surface area contributed by atoms with Gasteiger partial charge >= 0.3 is 0 Å². The predicted octanol–water partition coefficient (Wildman–Crippen LogP) is 2.77. The summed E-state index contributed by atoms with van der Waals surface area (Å²) in [5.74, 6) is 0.625. The lowest BCUT2D eigenvalue weighted by atomic mass is 10.1. The molecule has 2 N–H and O–H groups in total. The third-order valence-corrected chi connectivity index (χ3v) is 3.34. The molecule has 2 aromatic carbocycles. The van der Waals surface area contributed by atoms with Crippen LogP contribution in [0.2, 0.25) is 0 Å². The summed E-state index contributed by atoms with van der Waals surface area (Å²) in [5, 5.41) is 11.8. The molecular formula is C18H21NO3. The zero-order chi connectivity index (χ0) is 15.8. The maximum atomic E-state index is 12.3. The molecule has 1 atom stereocenters. The maximum Gasteiger partial charge on any atom is 0.251 e. The topological polar surface area (TPSA) is 58.6 Å². The molecule has 0 aromatic heterocycles. The van der Waals surface area contributed by atoms with E-state index in [1.54, 1.807) is 6.07 Å². The van der Waals surface area contributed by atoms with Crippen LogP contribution in [0, 0.1) is 0 Å². The SMILES string of the molecule is CC(CCO)NC(=O)c1ccccc1COc1ccccc1. The van der Waals surface area contributed by atoms with Crippen LogP contribution in [0.1, 0.15) is 29.3 Å². The van der Waals surface area contributed by atoms with E-state index in [1.165, 1.54) is 0 Å². The Morgan fingerprint density at radius 2 is 1.82 bits per heavy atom. The molecule has 4 heteroatoms. The Kier molecular flexibility index (Phi) is 5.98. The Hall–Kier alpha value is -2.33. The fourth-order valence-electron chi connectivity index (χ4n) is 2.11. The summed E-state index contributed by atoms with van der Waals surface area (Å²) < 4.78 is 5.72. The number of aliphatic hydroxyl groups is 1. The predicted molar refractivity (Wildman–Crippen MR) is 85.8 cm³/mol. The average molecular weight is 299 g/mol. The van der Waals surface area contributed by atoms with Gasteiger partial charge in [0.2, 0.25) is 0 Å². The molecule has 0 spiro atoms. The van der Waals surface area contributed by atoms with E-state index >= 15 is 0 Å². The van der Waals surface area contributed by atoms with E-state index in [-0.39, 0.29) is 18.6 Å². The molecule has 116 valence electrons. The third-order valence-electron chi connectivity index (χ3n) is 3.34. The van der Waals surface area contributed by atoms with Gasteiger partial charge in [-0.25, -0.2) is 0 Å². The molecule has 0 fully saturated rings. The van der Waals surface area contributed by atoms with Gasteiger partial charge in [-0.3, -0.25) is 4.79 Å². The standard InChI is InChI=1S/C18H21NO3/c1-14(11-12-20)19-18(21)17-10-6-5-7-15(17)13-22-16-8-3-2-4-9-16/h2-10,14,20H,11-13H2,1H3,(H,19,21). The fourth-order valence-corrected chi connectivity index (χ4v) is 2.11. The van der Waals surface area contributed by atoms with Crippen molar-refractivity contribution in [2.24, 2.45) is 0 Å². The zero-order valence-electron chi connectivity index (χ0n) is 12.7. The van der Waals surface area contributed by atoms with E-state index in [2.05, 4.69) is 5.32 Å². The van der Waals surface area contributed by atoms with Crippen LogP contribution in [-0.2, 0) is 6.61 Å². The summed E-state index contributed by atoms with van der Waals surface area (Å²) in [6.45, 7) is 2.26. The maximum absolute atomic E-state index is 12.3. The zero-order valence-corrected chi connectivity index (χ0v) is 12.7. The minimum absolute atomic E-state index is 0.0558. The van der Waals surface area contributed by atoms with Crippen LogP contribution in [0.3, 0.4) is 0 Å². The molecule has 2 aromatic rings. The second kappa shape index (κ2) is 8.20. The Morgan fingerprint density at radius 3 is 2.55 bits per heavy atom. The van der Waals surface area contributed by atoms with E-state index in [4.69, 9.17) is 9.84 Å². The number of ether oxygens (including phenoxy) is 1. The second-order valence-electron chi connectivity index (χ2n) is 5.15. The average Bonchev–Trinajstić information content (AvgIpc) is 2.54. The van der Waals surface area contributed by atoms with Gasteiger partial charge in [-0.05, 0) is 31.5 Å². The van der Waals surface area contributed by atoms with E-state index in [0.717, 1.165) is 11.3 Å². The number of para-hydroxylation sites is 1. The number of carbonyl (C=O) groups excluding carboxylic acids is 1. The molecule has 0 radical (unpaired) electrons. The van der Waals surface area contributed by atoms with E-state index in [9.17, 15) is 4.79 Å². The highest BCUT2D eigenvalue weighted by Gasteiger charge is 2.13. The van der Waals surface area contributed by atoms with Crippen LogP contribution in [-0.4, -0.2) is 23.7 Å². The Balaban J connectivity index is 2.04. The van der Waals surface area contributed by atoms with Crippen molar-refractivity contribution in [2.75, 3.05) is 6.61 Å². The van der Waals surface area contributed by atoms with Gasteiger partial charge in [0.15, 0.2) is 0 Å². The van der Waals surface area contributed by atoms with Gasteiger partial charge in [-0.15, -0.1) is 0 Å². The van der Waals surface area contributed by atoms with Gasteiger partial charge in [-0.1, -0.05) is 36.4 Å². The Morgan fingerprint density at radius 1 is 1.14 bits per heavy atom. The number of nitrogens with one attached hydrogen (secondary N) is 1. The number of hydrogen-bond donors (Lipinski definition) is 2. The second-order valence-corrected chi connectivity index (χ2v) is 5.15. The molecule has 22 heavy (non-hydrogen) atoms. The number of benzene rings is 2. The Labute approximate surface area is 130 Å². The van der Waals surface area contributed by atoms with Crippen molar-refractivity contribution in [3.05, 3.63) is 65.7 Å². The lowest BCUT2D eigenvalue weighted by Crippen LogP contribution is -2.33. The molecule has 0 saturated heterocycles. The highest BCUT2D eigenvalue weighted by molar-refractivity contribution is 5.95. The van der Waals surface area contributed by atoms with Crippen molar-refractivity contribution in [2.45, 2.75) is 26.0 Å². The molecule has 0 heterocycles. The molecule has 0 aliphatic heterocycles. The largest absolute Gasteiger partial charge is 0.489 e. The molecule has 2 rings (SSSR count). The van der Waals surface area contributed by atoms with Gasteiger partial charge < -0.3 is 15.2 Å². The van der Waals surface area contributed by atoms with Crippen molar-refractivity contribution in [3.63, 3.8) is 0 Å². The quantitative estimate of drug-likeness (QED) is 0.826. The summed E-state index contributed by atoms with van der Waals surface area (Å²) in [7, 11) is 0. The van der Waals surface area contributed by atoms with Gasteiger partial charge in [0.25, 0.3) is 5.91 Å². The lowest BCUT2D eigenvalue weighted by Gasteiger charge is -2.15. The van der Waals surface area contributed by atoms with Crippen molar-refractivity contribution in [3.8, 4) is 5.75 Å². The first-order valence-corrected chi connectivity index (χ1v) is 7.38. The van der Waals surface area contributed by atoms with Crippen LogP contribution in [0.4, 0.5) is 0 Å². The molecule has 1 unspecified atom stereocenters. The van der Waals surface area contributed by atoms with Crippen LogP contribution < -0.4 is 10.1 Å². The fraction of sp³-hybridized carbons (Fsp3) is 0.278. The monoisotopic (exact) mass is 299 g/mol. The minimum atomic E-state index is -0.145. The summed E-state index contributed by atoms with van der Waals surface area (Å²) >= 11 is 0. The number of rotatable bonds is 7. The molecule has 4 nitrogen and oxygen atoms in total. The lowest BCUT2D eigenvalue weighted by molar-refractivity contribution is 0.0932. The van der Waals surface area contributed by atoms with Gasteiger partial charge in [0, 0.05) is 23.8 Å². The summed E-state index contributed by atoms with van der Waals surface area (Å²) in [5.41, 5.74) is 1.43. The summed E-state index contributed by atoms with van der Waals surface area (Å²) in [4.78, 5) is 12.3. The normalized spacial score (nSPS) is 11.7. The minimum Gasteiger partial charge on any atom is -0.489 e. The van der Waals surface area contributed by atoms with Crippen molar-refractivity contribution in [1.82, 2.24) is 5.32 Å². The Bertz CT molecular complexity index is 598. The highest BCUT2D eigenvalue weighted by Crippen LogP contribution is 2.15. The van der Waals surface area contributed by atoms with Gasteiger partial charge in [-0.2, -0.15) is 0 Å². The van der Waals surface area contributed by atoms with Gasteiger partial charge in [0.05, 0.1) is 0 Å². The van der Waals surface area contributed by atoms with E-state index in [0.29, 0.717) is 18.6 Å². The first-order valence-electron chi connectivity index (χ1n) is 7.38. The first-order chi connectivity index (χ1) is 10.7. The highest BCUT2D eigenvalue weighted by atomic mass is 16.5.